The van der Waals surface area contributed by atoms with E-state index in [1.807, 2.05) is 12.1 Å². The molecule has 5 heteroatoms. The van der Waals surface area contributed by atoms with Crippen LogP contribution in [0.2, 0.25) is 5.02 Å². The molecule has 0 bridgehead atoms. The molecule has 0 spiro atoms. The van der Waals surface area contributed by atoms with Gasteiger partial charge in [-0.05, 0) is 51.8 Å². The minimum absolute atomic E-state index is 0.269. The Kier molecular flexibility index (Phi) is 3.85. The molecule has 1 N–H and O–H groups in total. The van der Waals surface area contributed by atoms with Crippen LogP contribution < -0.4 is 10.1 Å². The van der Waals surface area contributed by atoms with Crippen molar-refractivity contribution in [1.29, 1.82) is 0 Å². The van der Waals surface area contributed by atoms with Crippen molar-refractivity contribution in [3.63, 3.8) is 0 Å². The first-order chi connectivity index (χ1) is 9.63. The van der Waals surface area contributed by atoms with E-state index in [1.54, 1.807) is 6.07 Å². The topological polar surface area (TPSA) is 21.3 Å². The number of ether oxygens (including phenoxy) is 1. The van der Waals surface area contributed by atoms with E-state index in [1.165, 1.54) is 12.1 Å². The van der Waals surface area contributed by atoms with Crippen LogP contribution in [0.5, 0.6) is 5.75 Å². The van der Waals surface area contributed by atoms with Crippen molar-refractivity contribution in [1.82, 2.24) is 0 Å². The lowest BCUT2D eigenvalue weighted by Gasteiger charge is -2.12. The second kappa shape index (κ2) is 5.62. The van der Waals surface area contributed by atoms with Crippen LogP contribution in [-0.2, 0) is 13.0 Å². The minimum Gasteiger partial charge on any atom is -0.493 e. The average Bonchev–Trinajstić information content (AvgIpc) is 2.85. The summed E-state index contributed by atoms with van der Waals surface area (Å²) in [5.41, 5.74) is 2.99. The molecule has 1 aliphatic rings. The molecule has 0 fully saturated rings. The van der Waals surface area contributed by atoms with E-state index in [-0.39, 0.29) is 5.82 Å². The second-order valence-electron chi connectivity index (χ2n) is 4.63. The molecule has 104 valence electrons. The van der Waals surface area contributed by atoms with Crippen LogP contribution >= 0.6 is 27.5 Å². The fourth-order valence-corrected chi connectivity index (χ4v) is 3.06. The minimum atomic E-state index is -0.269. The maximum atomic E-state index is 13.0. The van der Waals surface area contributed by atoms with Crippen molar-refractivity contribution in [3.05, 3.63) is 56.8 Å². The van der Waals surface area contributed by atoms with Gasteiger partial charge in [-0.2, -0.15) is 0 Å². The lowest BCUT2D eigenvalue weighted by Crippen LogP contribution is -2.02. The van der Waals surface area contributed by atoms with Gasteiger partial charge in [-0.15, -0.1) is 0 Å². The van der Waals surface area contributed by atoms with Crippen LogP contribution in [0.25, 0.3) is 0 Å². The highest BCUT2D eigenvalue weighted by Crippen LogP contribution is 2.33. The van der Waals surface area contributed by atoms with Crippen molar-refractivity contribution >= 4 is 33.2 Å². The van der Waals surface area contributed by atoms with Gasteiger partial charge in [-0.1, -0.05) is 11.6 Å². The third-order valence-corrected chi connectivity index (χ3v) is 4.10. The molecule has 0 unspecified atom stereocenters. The Morgan fingerprint density at radius 2 is 2.15 bits per heavy atom. The summed E-state index contributed by atoms with van der Waals surface area (Å²) >= 11 is 9.46. The van der Waals surface area contributed by atoms with Crippen molar-refractivity contribution in [2.75, 3.05) is 11.9 Å². The molecule has 3 rings (SSSR count). The van der Waals surface area contributed by atoms with E-state index in [4.69, 9.17) is 16.3 Å². The van der Waals surface area contributed by atoms with Gasteiger partial charge in [0, 0.05) is 33.7 Å². The van der Waals surface area contributed by atoms with E-state index in [9.17, 15) is 4.39 Å². The molecule has 0 atom stereocenters. The average molecular weight is 357 g/mol. The standard InChI is InChI=1S/C15H12BrClFNO/c16-13-7-12(18)1-2-14(13)19-8-10-6-11(17)5-9-3-4-20-15(9)10/h1-2,5-7,19H,3-4,8H2. The van der Waals surface area contributed by atoms with Crippen LogP contribution in [0.4, 0.5) is 10.1 Å². The molecular weight excluding hydrogens is 345 g/mol. The second-order valence-corrected chi connectivity index (χ2v) is 5.92. The third-order valence-electron chi connectivity index (χ3n) is 3.23. The quantitative estimate of drug-likeness (QED) is 0.854. The molecule has 1 aliphatic heterocycles. The highest BCUT2D eigenvalue weighted by molar-refractivity contribution is 9.10. The third kappa shape index (κ3) is 2.76. The number of fused-ring (bicyclic) bond motifs is 1. The maximum Gasteiger partial charge on any atom is 0.127 e. The molecule has 0 saturated carbocycles. The van der Waals surface area contributed by atoms with Crippen molar-refractivity contribution in [2.45, 2.75) is 13.0 Å². The monoisotopic (exact) mass is 355 g/mol. The van der Waals surface area contributed by atoms with Crippen molar-refractivity contribution < 1.29 is 9.13 Å². The van der Waals surface area contributed by atoms with Gasteiger partial charge in [0.1, 0.15) is 11.6 Å². The van der Waals surface area contributed by atoms with Gasteiger partial charge in [0.2, 0.25) is 0 Å². The largest absolute Gasteiger partial charge is 0.493 e. The van der Waals surface area contributed by atoms with E-state index in [2.05, 4.69) is 21.2 Å². The lowest BCUT2D eigenvalue weighted by molar-refractivity contribution is 0.354. The molecular formula is C15H12BrClFNO. The molecule has 0 saturated heterocycles. The van der Waals surface area contributed by atoms with E-state index in [0.717, 1.165) is 29.0 Å². The number of hydrogen-bond donors (Lipinski definition) is 1. The smallest absolute Gasteiger partial charge is 0.127 e. The first kappa shape index (κ1) is 13.7. The Hall–Kier alpha value is -1.26. The van der Waals surface area contributed by atoms with E-state index < -0.39 is 0 Å². The molecule has 0 aromatic heterocycles. The molecule has 0 aliphatic carbocycles. The van der Waals surface area contributed by atoms with Crippen LogP contribution in [-0.4, -0.2) is 6.61 Å². The highest BCUT2D eigenvalue weighted by atomic mass is 79.9. The van der Waals surface area contributed by atoms with E-state index in [0.29, 0.717) is 22.6 Å². The molecule has 2 aromatic rings. The zero-order valence-corrected chi connectivity index (χ0v) is 12.9. The lowest BCUT2D eigenvalue weighted by atomic mass is 10.1. The summed E-state index contributed by atoms with van der Waals surface area (Å²) in [4.78, 5) is 0. The molecule has 2 nitrogen and oxygen atoms in total. The van der Waals surface area contributed by atoms with Crippen LogP contribution in [0, 0.1) is 5.82 Å². The van der Waals surface area contributed by atoms with Gasteiger partial charge < -0.3 is 10.1 Å². The number of rotatable bonds is 3. The SMILES string of the molecule is Fc1ccc(NCc2cc(Cl)cc3c2OCC3)c(Br)c1. The Labute approximate surface area is 130 Å². The summed E-state index contributed by atoms with van der Waals surface area (Å²) in [6.07, 6.45) is 0.892. The summed E-state index contributed by atoms with van der Waals surface area (Å²) in [6.45, 7) is 1.27. The Morgan fingerprint density at radius 3 is 2.95 bits per heavy atom. The Balaban J connectivity index is 1.82. The van der Waals surface area contributed by atoms with Gasteiger partial charge >= 0.3 is 0 Å². The Morgan fingerprint density at radius 1 is 1.30 bits per heavy atom. The maximum absolute atomic E-state index is 13.0. The van der Waals surface area contributed by atoms with E-state index >= 15 is 0 Å². The first-order valence-electron chi connectivity index (χ1n) is 6.26. The summed E-state index contributed by atoms with van der Waals surface area (Å²) in [7, 11) is 0. The zero-order chi connectivity index (χ0) is 14.1. The zero-order valence-electron chi connectivity index (χ0n) is 10.6. The van der Waals surface area contributed by atoms with Gasteiger partial charge in [0.15, 0.2) is 0 Å². The summed E-state index contributed by atoms with van der Waals surface area (Å²) in [5.74, 6) is 0.648. The number of hydrogen-bond acceptors (Lipinski definition) is 2. The molecule has 0 radical (unpaired) electrons. The number of halogens is 3. The number of anilines is 1. The number of nitrogens with one attached hydrogen (secondary N) is 1. The summed E-state index contributed by atoms with van der Waals surface area (Å²) < 4.78 is 19.4. The van der Waals surface area contributed by atoms with Crippen LogP contribution in [0.1, 0.15) is 11.1 Å². The molecule has 0 amide bonds. The van der Waals surface area contributed by atoms with Gasteiger partial charge in [-0.25, -0.2) is 4.39 Å². The van der Waals surface area contributed by atoms with Crippen molar-refractivity contribution in [2.24, 2.45) is 0 Å². The van der Waals surface area contributed by atoms with Crippen LogP contribution in [0.3, 0.4) is 0 Å². The molecule has 2 aromatic carbocycles. The normalized spacial score (nSPS) is 12.9. The first-order valence-corrected chi connectivity index (χ1v) is 7.43. The molecule has 20 heavy (non-hydrogen) atoms. The highest BCUT2D eigenvalue weighted by Gasteiger charge is 2.17. The van der Waals surface area contributed by atoms with Crippen molar-refractivity contribution in [3.8, 4) is 5.75 Å². The van der Waals surface area contributed by atoms with Gasteiger partial charge in [-0.3, -0.25) is 0 Å². The number of benzene rings is 2. The van der Waals surface area contributed by atoms with Gasteiger partial charge in [0.25, 0.3) is 0 Å². The summed E-state index contributed by atoms with van der Waals surface area (Å²) in [6, 6.07) is 8.40. The predicted molar refractivity (Wildman–Crippen MR) is 82.1 cm³/mol. The fraction of sp³-hybridized carbons (Fsp3) is 0.200. The van der Waals surface area contributed by atoms with Crippen LogP contribution in [0.15, 0.2) is 34.8 Å². The predicted octanol–water partition coefficient (Wildman–Crippen LogP) is 4.79. The fourth-order valence-electron chi connectivity index (χ4n) is 2.30. The Bertz CT molecular complexity index is 663. The van der Waals surface area contributed by atoms with Gasteiger partial charge in [0.05, 0.1) is 6.61 Å². The molecule has 1 heterocycles. The summed E-state index contributed by atoms with van der Waals surface area (Å²) in [5, 5.41) is 3.97.